The molecule has 1 saturated carbocycles. The summed E-state index contributed by atoms with van der Waals surface area (Å²) in [7, 11) is 1.40. The number of nitrogens with zero attached hydrogens (tertiary/aromatic N) is 1. The van der Waals surface area contributed by atoms with E-state index < -0.39 is 0 Å². The topological polar surface area (TPSA) is 46.6 Å². The summed E-state index contributed by atoms with van der Waals surface area (Å²) in [5.41, 5.74) is 0. The lowest BCUT2D eigenvalue weighted by molar-refractivity contribution is -0.156. The van der Waals surface area contributed by atoms with E-state index in [1.807, 2.05) is 0 Å². The lowest BCUT2D eigenvalue weighted by Crippen LogP contribution is -2.50. The Hall–Kier alpha value is -1.06. The first-order chi connectivity index (χ1) is 8.74. The van der Waals surface area contributed by atoms with Gasteiger partial charge >= 0.3 is 5.97 Å². The van der Waals surface area contributed by atoms with Crippen molar-refractivity contribution in [2.24, 2.45) is 5.92 Å². The van der Waals surface area contributed by atoms with Crippen molar-refractivity contribution in [3.8, 4) is 0 Å². The van der Waals surface area contributed by atoms with Crippen molar-refractivity contribution in [2.45, 2.75) is 57.4 Å². The predicted octanol–water partition coefficient (Wildman–Crippen LogP) is 2.12. The van der Waals surface area contributed by atoms with Gasteiger partial charge in [0, 0.05) is 12.5 Å². The molecule has 1 aliphatic heterocycles. The number of hydrogen-bond acceptors (Lipinski definition) is 3. The van der Waals surface area contributed by atoms with Gasteiger partial charge in [0.15, 0.2) is 0 Å². The minimum atomic E-state index is -0.335. The van der Waals surface area contributed by atoms with Crippen LogP contribution in [0.15, 0.2) is 0 Å². The first kappa shape index (κ1) is 13.4. The van der Waals surface area contributed by atoms with Gasteiger partial charge in [-0.3, -0.25) is 4.79 Å². The fourth-order valence-corrected chi connectivity index (χ4v) is 3.16. The molecule has 0 aromatic carbocycles. The predicted molar refractivity (Wildman–Crippen MR) is 67.9 cm³/mol. The van der Waals surface area contributed by atoms with Gasteiger partial charge in [0.25, 0.3) is 0 Å². The van der Waals surface area contributed by atoms with E-state index in [0.29, 0.717) is 0 Å². The molecule has 1 saturated heterocycles. The molecule has 0 aromatic heterocycles. The Morgan fingerprint density at radius 2 is 1.67 bits per heavy atom. The highest BCUT2D eigenvalue weighted by molar-refractivity contribution is 5.86. The van der Waals surface area contributed by atoms with Crippen molar-refractivity contribution in [3.63, 3.8) is 0 Å². The normalized spacial score (nSPS) is 25.8. The zero-order valence-corrected chi connectivity index (χ0v) is 11.2. The Balaban J connectivity index is 2.03. The van der Waals surface area contributed by atoms with Gasteiger partial charge < -0.3 is 9.64 Å². The van der Waals surface area contributed by atoms with Gasteiger partial charge in [-0.05, 0) is 32.1 Å². The van der Waals surface area contributed by atoms with Crippen LogP contribution in [0.1, 0.15) is 51.4 Å². The minimum absolute atomic E-state index is 0.143. The molecule has 2 rings (SSSR count). The average molecular weight is 253 g/mol. The van der Waals surface area contributed by atoms with Crippen LogP contribution in [0, 0.1) is 5.92 Å². The van der Waals surface area contributed by atoms with E-state index in [0.717, 1.165) is 51.5 Å². The third kappa shape index (κ3) is 2.85. The fourth-order valence-electron chi connectivity index (χ4n) is 3.16. The summed E-state index contributed by atoms with van der Waals surface area (Å²) in [5.74, 6) is 0.0765. The number of methoxy groups -OCH3 is 1. The molecule has 0 aromatic rings. The molecule has 2 aliphatic rings. The van der Waals surface area contributed by atoms with Crippen LogP contribution in [-0.2, 0) is 14.3 Å². The quantitative estimate of drug-likeness (QED) is 0.708. The van der Waals surface area contributed by atoms with Crippen molar-refractivity contribution < 1.29 is 14.3 Å². The second-order valence-electron chi connectivity index (χ2n) is 5.40. The Morgan fingerprint density at radius 1 is 1.00 bits per heavy atom. The smallest absolute Gasteiger partial charge is 0.328 e. The van der Waals surface area contributed by atoms with E-state index in [1.165, 1.54) is 13.5 Å². The third-order valence-electron chi connectivity index (χ3n) is 4.21. The first-order valence-corrected chi connectivity index (χ1v) is 7.12. The van der Waals surface area contributed by atoms with E-state index in [4.69, 9.17) is 4.74 Å². The van der Waals surface area contributed by atoms with Crippen LogP contribution in [0.2, 0.25) is 0 Å². The van der Waals surface area contributed by atoms with Crippen molar-refractivity contribution in [2.75, 3.05) is 13.7 Å². The van der Waals surface area contributed by atoms with Crippen molar-refractivity contribution in [1.29, 1.82) is 0 Å². The maximum Gasteiger partial charge on any atom is 0.328 e. The molecule has 1 aliphatic carbocycles. The molecule has 0 radical (unpaired) electrons. The molecule has 0 bridgehead atoms. The number of carbonyl (C=O) groups excluding carboxylic acids is 2. The summed E-state index contributed by atoms with van der Waals surface area (Å²) in [6, 6.07) is -0.335. The molecule has 4 heteroatoms. The summed E-state index contributed by atoms with van der Waals surface area (Å²) in [5, 5.41) is 0. The molecule has 0 spiro atoms. The lowest BCUT2D eigenvalue weighted by atomic mass is 9.87. The molecule has 1 atom stereocenters. The van der Waals surface area contributed by atoms with Crippen LogP contribution in [0.5, 0.6) is 0 Å². The van der Waals surface area contributed by atoms with Gasteiger partial charge in [-0.2, -0.15) is 0 Å². The van der Waals surface area contributed by atoms with Crippen LogP contribution < -0.4 is 0 Å². The summed E-state index contributed by atoms with van der Waals surface area (Å²) in [6.07, 6.45) is 8.28. The molecular weight excluding hydrogens is 230 g/mol. The number of ether oxygens (including phenoxy) is 1. The van der Waals surface area contributed by atoms with E-state index >= 15 is 0 Å². The molecule has 1 unspecified atom stereocenters. The highest BCUT2D eigenvalue weighted by Crippen LogP contribution is 2.28. The monoisotopic (exact) mass is 253 g/mol. The molecule has 1 heterocycles. The number of rotatable bonds is 2. The van der Waals surface area contributed by atoms with Gasteiger partial charge in [0.05, 0.1) is 7.11 Å². The Bertz CT molecular complexity index is 310. The second-order valence-corrected chi connectivity index (χ2v) is 5.40. The summed E-state index contributed by atoms with van der Waals surface area (Å²) in [4.78, 5) is 26.0. The summed E-state index contributed by atoms with van der Waals surface area (Å²) in [6.45, 7) is 0.717. The van der Waals surface area contributed by atoms with Crippen LogP contribution >= 0.6 is 0 Å². The number of amides is 1. The number of piperidine rings is 1. The van der Waals surface area contributed by atoms with E-state index in [9.17, 15) is 9.59 Å². The average Bonchev–Trinajstić information content (AvgIpc) is 2.46. The van der Waals surface area contributed by atoms with Gasteiger partial charge in [-0.1, -0.05) is 19.3 Å². The zero-order valence-electron chi connectivity index (χ0n) is 11.2. The van der Waals surface area contributed by atoms with Crippen LogP contribution in [-0.4, -0.2) is 36.5 Å². The standard InChI is InChI=1S/C14H23NO3/c1-18-14(17)12-9-5-6-10-15(12)13(16)11-7-3-2-4-8-11/h11-12H,2-10H2,1H3. The van der Waals surface area contributed by atoms with E-state index in [2.05, 4.69) is 0 Å². The maximum atomic E-state index is 12.5. The third-order valence-corrected chi connectivity index (χ3v) is 4.21. The molecule has 4 nitrogen and oxygen atoms in total. The largest absolute Gasteiger partial charge is 0.467 e. The SMILES string of the molecule is COC(=O)C1CCCCN1C(=O)C1CCCCC1. The Kier molecular flexibility index (Phi) is 4.61. The molecule has 1 amide bonds. The van der Waals surface area contributed by atoms with E-state index in [-0.39, 0.29) is 23.8 Å². The highest BCUT2D eigenvalue weighted by atomic mass is 16.5. The second kappa shape index (κ2) is 6.21. The molecule has 18 heavy (non-hydrogen) atoms. The fraction of sp³-hybridized carbons (Fsp3) is 0.857. The van der Waals surface area contributed by atoms with Crippen molar-refractivity contribution in [1.82, 2.24) is 4.90 Å². The van der Waals surface area contributed by atoms with Gasteiger partial charge in [-0.15, -0.1) is 0 Å². The molecule has 0 N–H and O–H groups in total. The highest BCUT2D eigenvalue weighted by Gasteiger charge is 2.36. The maximum absolute atomic E-state index is 12.5. The van der Waals surface area contributed by atoms with Gasteiger partial charge in [0.1, 0.15) is 6.04 Å². The molecular formula is C14H23NO3. The zero-order chi connectivity index (χ0) is 13.0. The van der Waals surface area contributed by atoms with Gasteiger partial charge in [0.2, 0.25) is 5.91 Å². The van der Waals surface area contributed by atoms with Crippen LogP contribution in [0.4, 0.5) is 0 Å². The first-order valence-electron chi connectivity index (χ1n) is 7.12. The number of carbonyl (C=O) groups is 2. The Labute approximate surface area is 109 Å². The number of hydrogen-bond donors (Lipinski definition) is 0. The number of esters is 1. The van der Waals surface area contributed by atoms with Crippen molar-refractivity contribution >= 4 is 11.9 Å². The minimum Gasteiger partial charge on any atom is -0.467 e. The summed E-state index contributed by atoms with van der Waals surface area (Å²) >= 11 is 0. The lowest BCUT2D eigenvalue weighted by Gasteiger charge is -2.37. The molecule has 102 valence electrons. The summed E-state index contributed by atoms with van der Waals surface area (Å²) < 4.78 is 4.82. The molecule has 2 fully saturated rings. The van der Waals surface area contributed by atoms with Crippen LogP contribution in [0.3, 0.4) is 0 Å². The van der Waals surface area contributed by atoms with E-state index in [1.54, 1.807) is 4.90 Å². The van der Waals surface area contributed by atoms with Gasteiger partial charge in [-0.25, -0.2) is 4.79 Å². The van der Waals surface area contributed by atoms with Crippen molar-refractivity contribution in [3.05, 3.63) is 0 Å². The van der Waals surface area contributed by atoms with Crippen LogP contribution in [0.25, 0.3) is 0 Å². The Morgan fingerprint density at radius 3 is 2.33 bits per heavy atom. The number of likely N-dealkylation sites (tertiary alicyclic amines) is 1.